The first-order chi connectivity index (χ1) is 11.0. The van der Waals surface area contributed by atoms with Crippen LogP contribution >= 0.6 is 23.2 Å². The van der Waals surface area contributed by atoms with Crippen molar-refractivity contribution >= 4 is 41.0 Å². The van der Waals surface area contributed by atoms with Crippen molar-refractivity contribution in [1.29, 1.82) is 0 Å². The van der Waals surface area contributed by atoms with Crippen molar-refractivity contribution in [2.24, 2.45) is 5.16 Å². The lowest BCUT2D eigenvalue weighted by Crippen LogP contribution is -2.17. The highest BCUT2D eigenvalue weighted by molar-refractivity contribution is 6.43. The van der Waals surface area contributed by atoms with Gasteiger partial charge in [-0.1, -0.05) is 52.6 Å². The average Bonchev–Trinajstić information content (AvgIpc) is 2.51. The van der Waals surface area contributed by atoms with Crippen LogP contribution < -0.4 is 5.32 Å². The Morgan fingerprint density at radius 3 is 2.83 bits per heavy atom. The van der Waals surface area contributed by atoms with Crippen LogP contribution in [-0.2, 0) is 9.63 Å². The maximum Gasteiger partial charge on any atom is 0.265 e. The van der Waals surface area contributed by atoms with Crippen LogP contribution in [0.2, 0.25) is 10.0 Å². The molecule has 0 aliphatic carbocycles. The Morgan fingerprint density at radius 1 is 1.26 bits per heavy atom. The van der Waals surface area contributed by atoms with Gasteiger partial charge in [-0.25, -0.2) is 0 Å². The summed E-state index contributed by atoms with van der Waals surface area (Å²) < 4.78 is 0. The molecule has 0 bridgehead atoms. The van der Waals surface area contributed by atoms with Crippen LogP contribution in [0.3, 0.4) is 0 Å². The standard InChI is InChI=1S/C17H16Cl2N2O2/c1-11-6-7-12(2)15(8-11)21-16(22)10-23-20-9-13-4-3-5-14(18)17(13)19/h3-9H,10H2,1-2H3,(H,21,22)/b20-9-. The van der Waals surface area contributed by atoms with Crippen molar-refractivity contribution in [3.05, 3.63) is 63.1 Å². The van der Waals surface area contributed by atoms with Gasteiger partial charge in [-0.2, -0.15) is 0 Å². The fraction of sp³-hybridized carbons (Fsp3) is 0.176. The number of carbonyl (C=O) groups is 1. The maximum atomic E-state index is 11.9. The van der Waals surface area contributed by atoms with E-state index in [9.17, 15) is 4.79 Å². The Balaban J connectivity index is 1.88. The molecule has 0 aliphatic rings. The summed E-state index contributed by atoms with van der Waals surface area (Å²) in [6.45, 7) is 3.70. The lowest BCUT2D eigenvalue weighted by Gasteiger charge is -2.08. The summed E-state index contributed by atoms with van der Waals surface area (Å²) in [4.78, 5) is 16.8. The molecular weight excluding hydrogens is 335 g/mol. The van der Waals surface area contributed by atoms with Gasteiger partial charge in [0.25, 0.3) is 5.91 Å². The van der Waals surface area contributed by atoms with E-state index in [0.717, 1.165) is 16.8 Å². The van der Waals surface area contributed by atoms with E-state index < -0.39 is 0 Å². The Morgan fingerprint density at radius 2 is 2.04 bits per heavy atom. The summed E-state index contributed by atoms with van der Waals surface area (Å²) in [5, 5.41) is 7.35. The minimum atomic E-state index is -0.284. The lowest BCUT2D eigenvalue weighted by atomic mass is 10.1. The number of rotatable bonds is 5. The zero-order valence-corrected chi connectivity index (χ0v) is 14.3. The van der Waals surface area contributed by atoms with Crippen LogP contribution in [0.15, 0.2) is 41.6 Å². The van der Waals surface area contributed by atoms with Crippen molar-refractivity contribution in [3.8, 4) is 0 Å². The van der Waals surface area contributed by atoms with E-state index in [1.807, 2.05) is 32.0 Å². The predicted molar refractivity (Wildman–Crippen MR) is 94.6 cm³/mol. The third kappa shape index (κ3) is 4.98. The number of amides is 1. The van der Waals surface area contributed by atoms with Crippen molar-refractivity contribution in [3.63, 3.8) is 0 Å². The van der Waals surface area contributed by atoms with Crippen molar-refractivity contribution in [2.75, 3.05) is 11.9 Å². The van der Waals surface area contributed by atoms with E-state index in [0.29, 0.717) is 15.6 Å². The maximum absolute atomic E-state index is 11.9. The second-order valence-corrected chi connectivity index (χ2v) is 5.80. The normalized spacial score (nSPS) is 10.8. The number of oxime groups is 1. The van der Waals surface area contributed by atoms with E-state index >= 15 is 0 Å². The number of anilines is 1. The Kier molecular flexibility index (Phi) is 6.02. The molecule has 2 aromatic rings. The molecule has 0 heterocycles. The third-order valence-electron chi connectivity index (χ3n) is 3.11. The third-order valence-corrected chi connectivity index (χ3v) is 3.94. The Bertz CT molecular complexity index is 745. The fourth-order valence-electron chi connectivity index (χ4n) is 1.87. The highest BCUT2D eigenvalue weighted by atomic mass is 35.5. The van der Waals surface area contributed by atoms with Gasteiger partial charge in [0.1, 0.15) is 0 Å². The number of benzene rings is 2. The first-order valence-corrected chi connectivity index (χ1v) is 7.69. The highest BCUT2D eigenvalue weighted by Gasteiger charge is 2.06. The fourth-order valence-corrected chi connectivity index (χ4v) is 2.22. The van der Waals surface area contributed by atoms with Crippen LogP contribution in [-0.4, -0.2) is 18.7 Å². The van der Waals surface area contributed by atoms with Gasteiger partial charge in [0.15, 0.2) is 6.61 Å². The molecular formula is C17H16Cl2N2O2. The number of aryl methyl sites for hydroxylation is 2. The molecule has 0 saturated carbocycles. The quantitative estimate of drug-likeness (QED) is 0.632. The number of nitrogens with one attached hydrogen (secondary N) is 1. The molecule has 0 unspecified atom stereocenters. The molecule has 0 fully saturated rings. The SMILES string of the molecule is Cc1ccc(C)c(NC(=O)CO/N=C\c2cccc(Cl)c2Cl)c1. The molecule has 1 N–H and O–H groups in total. The van der Waals surface area contributed by atoms with Crippen molar-refractivity contribution in [1.82, 2.24) is 0 Å². The molecule has 1 amide bonds. The van der Waals surface area contributed by atoms with Crippen LogP contribution in [0.1, 0.15) is 16.7 Å². The zero-order valence-electron chi connectivity index (χ0n) is 12.8. The largest absolute Gasteiger partial charge is 0.386 e. The molecule has 23 heavy (non-hydrogen) atoms. The lowest BCUT2D eigenvalue weighted by molar-refractivity contribution is -0.120. The summed E-state index contributed by atoms with van der Waals surface area (Å²) >= 11 is 11.9. The Labute approximate surface area is 145 Å². The Hall–Kier alpha value is -2.04. The summed E-state index contributed by atoms with van der Waals surface area (Å²) in [5.41, 5.74) is 3.44. The van der Waals surface area contributed by atoms with Crippen LogP contribution in [0, 0.1) is 13.8 Å². The number of carbonyl (C=O) groups excluding carboxylic acids is 1. The van der Waals surface area contributed by atoms with E-state index in [2.05, 4.69) is 10.5 Å². The van der Waals surface area contributed by atoms with Crippen LogP contribution in [0.5, 0.6) is 0 Å². The topological polar surface area (TPSA) is 50.7 Å². The van der Waals surface area contributed by atoms with E-state index in [-0.39, 0.29) is 12.5 Å². The molecule has 6 heteroatoms. The molecule has 0 saturated heterocycles. The van der Waals surface area contributed by atoms with Gasteiger partial charge in [-0.15, -0.1) is 0 Å². The summed E-state index contributed by atoms with van der Waals surface area (Å²) in [7, 11) is 0. The second-order valence-electron chi connectivity index (χ2n) is 5.02. The molecule has 120 valence electrons. The van der Waals surface area contributed by atoms with Gasteiger partial charge in [0, 0.05) is 11.3 Å². The number of nitrogens with zero attached hydrogens (tertiary/aromatic N) is 1. The van der Waals surface area contributed by atoms with Crippen LogP contribution in [0.4, 0.5) is 5.69 Å². The van der Waals surface area contributed by atoms with E-state index in [4.69, 9.17) is 28.0 Å². The minimum Gasteiger partial charge on any atom is -0.386 e. The van der Waals surface area contributed by atoms with E-state index in [1.165, 1.54) is 6.21 Å². The molecule has 0 aliphatic heterocycles. The number of halogens is 2. The second kappa shape index (κ2) is 7.99. The smallest absolute Gasteiger partial charge is 0.265 e. The molecule has 0 spiro atoms. The number of hydrogen-bond acceptors (Lipinski definition) is 3. The molecule has 2 aromatic carbocycles. The van der Waals surface area contributed by atoms with Gasteiger partial charge in [0.2, 0.25) is 0 Å². The van der Waals surface area contributed by atoms with Gasteiger partial charge in [-0.3, -0.25) is 4.79 Å². The summed E-state index contributed by atoms with van der Waals surface area (Å²) in [6, 6.07) is 11.0. The van der Waals surface area contributed by atoms with E-state index in [1.54, 1.807) is 18.2 Å². The van der Waals surface area contributed by atoms with Crippen molar-refractivity contribution in [2.45, 2.75) is 13.8 Å². The summed E-state index contributed by atoms with van der Waals surface area (Å²) in [6.07, 6.45) is 1.42. The molecule has 0 atom stereocenters. The van der Waals surface area contributed by atoms with Gasteiger partial charge in [-0.05, 0) is 37.1 Å². The minimum absolute atomic E-state index is 0.192. The monoisotopic (exact) mass is 350 g/mol. The van der Waals surface area contributed by atoms with Crippen molar-refractivity contribution < 1.29 is 9.63 Å². The number of hydrogen-bond donors (Lipinski definition) is 1. The molecule has 2 rings (SSSR count). The molecule has 0 aromatic heterocycles. The molecule has 4 nitrogen and oxygen atoms in total. The summed E-state index contributed by atoms with van der Waals surface area (Å²) in [5.74, 6) is -0.284. The first-order valence-electron chi connectivity index (χ1n) is 6.94. The highest BCUT2D eigenvalue weighted by Crippen LogP contribution is 2.24. The van der Waals surface area contributed by atoms with Crippen LogP contribution in [0.25, 0.3) is 0 Å². The molecule has 0 radical (unpaired) electrons. The first kappa shape index (κ1) is 17.3. The predicted octanol–water partition coefficient (Wildman–Crippen LogP) is 4.60. The zero-order chi connectivity index (χ0) is 16.8. The average molecular weight is 351 g/mol. The van der Waals surface area contributed by atoms with Gasteiger partial charge >= 0.3 is 0 Å². The van der Waals surface area contributed by atoms with Gasteiger partial charge in [0.05, 0.1) is 16.3 Å². The van der Waals surface area contributed by atoms with Gasteiger partial charge < -0.3 is 10.2 Å².